The summed E-state index contributed by atoms with van der Waals surface area (Å²) in [5.74, 6) is -0.928. The van der Waals surface area contributed by atoms with Crippen LogP contribution in [-0.2, 0) is 18.4 Å². The summed E-state index contributed by atoms with van der Waals surface area (Å²) in [6, 6.07) is 0. The van der Waals surface area contributed by atoms with Crippen LogP contribution in [0.1, 0.15) is 30.3 Å². The SMILES string of the molecule is CCC(C(=O)NCc1c(C)nn(C)c1C)C(N)=NO. The highest BCUT2D eigenvalue weighted by Crippen LogP contribution is 2.12. The van der Waals surface area contributed by atoms with Gasteiger partial charge in [0.15, 0.2) is 5.84 Å². The number of amides is 1. The molecule has 1 amide bonds. The average Bonchev–Trinajstić information content (AvgIpc) is 2.61. The number of nitrogens with zero attached hydrogens (tertiary/aromatic N) is 3. The van der Waals surface area contributed by atoms with E-state index in [1.807, 2.05) is 27.8 Å². The number of hydrogen-bond acceptors (Lipinski definition) is 4. The summed E-state index contributed by atoms with van der Waals surface area (Å²) in [7, 11) is 1.86. The number of rotatable bonds is 5. The first-order chi connectivity index (χ1) is 8.92. The molecule has 7 nitrogen and oxygen atoms in total. The van der Waals surface area contributed by atoms with Crippen molar-refractivity contribution in [2.45, 2.75) is 33.7 Å². The summed E-state index contributed by atoms with van der Waals surface area (Å²) in [6.45, 7) is 6.04. The van der Waals surface area contributed by atoms with Crippen LogP contribution in [0.3, 0.4) is 0 Å². The van der Waals surface area contributed by atoms with Crippen molar-refractivity contribution >= 4 is 11.7 Å². The van der Waals surface area contributed by atoms with Gasteiger partial charge in [-0.15, -0.1) is 0 Å². The van der Waals surface area contributed by atoms with Gasteiger partial charge in [0.05, 0.1) is 11.6 Å². The van der Waals surface area contributed by atoms with Gasteiger partial charge in [-0.2, -0.15) is 5.10 Å². The van der Waals surface area contributed by atoms with Crippen LogP contribution in [0, 0.1) is 19.8 Å². The van der Waals surface area contributed by atoms with Gasteiger partial charge in [-0.3, -0.25) is 9.48 Å². The molecule has 0 bridgehead atoms. The maximum atomic E-state index is 12.0. The Hall–Kier alpha value is -2.05. The second-order valence-electron chi connectivity index (χ2n) is 4.48. The first kappa shape index (κ1) is 15.0. The van der Waals surface area contributed by atoms with Gasteiger partial charge in [0, 0.05) is 24.8 Å². The minimum Gasteiger partial charge on any atom is -0.409 e. The summed E-state index contributed by atoms with van der Waals surface area (Å²) in [5, 5.41) is 18.6. The molecule has 0 saturated carbocycles. The molecule has 1 rings (SSSR count). The highest BCUT2D eigenvalue weighted by molar-refractivity contribution is 6.01. The number of nitrogens with two attached hydrogens (primary N) is 1. The second-order valence-corrected chi connectivity index (χ2v) is 4.48. The maximum Gasteiger partial charge on any atom is 0.231 e. The zero-order valence-corrected chi connectivity index (χ0v) is 11.8. The molecule has 7 heteroatoms. The molecular weight excluding hydrogens is 246 g/mol. The molecule has 0 fully saturated rings. The number of aryl methyl sites for hydroxylation is 2. The normalized spacial score (nSPS) is 13.4. The molecule has 0 saturated heterocycles. The third-order valence-electron chi connectivity index (χ3n) is 3.30. The van der Waals surface area contributed by atoms with Crippen molar-refractivity contribution in [1.82, 2.24) is 15.1 Å². The van der Waals surface area contributed by atoms with Crippen LogP contribution in [0.15, 0.2) is 5.16 Å². The van der Waals surface area contributed by atoms with E-state index in [9.17, 15) is 4.79 Å². The molecule has 1 heterocycles. The van der Waals surface area contributed by atoms with E-state index in [-0.39, 0.29) is 11.7 Å². The Morgan fingerprint density at radius 1 is 1.58 bits per heavy atom. The topological polar surface area (TPSA) is 106 Å². The standard InChI is InChI=1S/C12H21N5O2/c1-5-9(11(13)16-19)12(18)14-6-10-7(2)15-17(4)8(10)3/h9,19H,5-6H2,1-4H3,(H2,13,16)(H,14,18). The molecule has 1 atom stereocenters. The van der Waals surface area contributed by atoms with E-state index >= 15 is 0 Å². The molecule has 4 N–H and O–H groups in total. The van der Waals surface area contributed by atoms with Gasteiger partial charge < -0.3 is 16.3 Å². The molecule has 0 aliphatic rings. The first-order valence-electron chi connectivity index (χ1n) is 6.16. The Bertz CT molecular complexity index is 493. The Morgan fingerprint density at radius 2 is 2.21 bits per heavy atom. The van der Waals surface area contributed by atoms with E-state index in [2.05, 4.69) is 15.6 Å². The van der Waals surface area contributed by atoms with Crippen LogP contribution >= 0.6 is 0 Å². The van der Waals surface area contributed by atoms with Crippen LogP contribution in [0.25, 0.3) is 0 Å². The molecular formula is C12H21N5O2. The fourth-order valence-corrected chi connectivity index (χ4v) is 1.97. The van der Waals surface area contributed by atoms with Gasteiger partial charge in [0.2, 0.25) is 5.91 Å². The summed E-state index contributed by atoms with van der Waals surface area (Å²) >= 11 is 0. The minimum absolute atomic E-state index is 0.0698. The van der Waals surface area contributed by atoms with Crippen molar-refractivity contribution in [2.75, 3.05) is 0 Å². The molecule has 0 radical (unpaired) electrons. The monoisotopic (exact) mass is 267 g/mol. The smallest absolute Gasteiger partial charge is 0.231 e. The van der Waals surface area contributed by atoms with E-state index in [0.29, 0.717) is 13.0 Å². The van der Waals surface area contributed by atoms with Crippen molar-refractivity contribution in [3.63, 3.8) is 0 Å². The quantitative estimate of drug-likeness (QED) is 0.311. The molecule has 0 spiro atoms. The predicted octanol–water partition coefficient (Wildman–Crippen LogP) is 0.426. The number of nitrogens with one attached hydrogen (secondary N) is 1. The summed E-state index contributed by atoms with van der Waals surface area (Å²) < 4.78 is 1.78. The number of aromatic nitrogens is 2. The van der Waals surface area contributed by atoms with Gasteiger partial charge in [-0.1, -0.05) is 12.1 Å². The minimum atomic E-state index is -0.609. The van der Waals surface area contributed by atoms with Crippen molar-refractivity contribution < 1.29 is 10.0 Å². The number of carbonyl (C=O) groups is 1. The molecule has 1 unspecified atom stereocenters. The molecule has 1 aromatic heterocycles. The highest BCUT2D eigenvalue weighted by atomic mass is 16.4. The lowest BCUT2D eigenvalue weighted by Crippen LogP contribution is -2.38. The van der Waals surface area contributed by atoms with Crippen molar-refractivity contribution in [2.24, 2.45) is 23.9 Å². The third-order valence-corrected chi connectivity index (χ3v) is 3.30. The molecule has 0 aliphatic carbocycles. The molecule has 0 aromatic carbocycles. The first-order valence-corrected chi connectivity index (χ1v) is 6.16. The molecule has 0 aliphatic heterocycles. The number of oxime groups is 1. The van der Waals surface area contributed by atoms with E-state index in [1.165, 1.54) is 0 Å². The summed E-state index contributed by atoms with van der Waals surface area (Å²) in [4.78, 5) is 12.0. The molecule has 106 valence electrons. The van der Waals surface area contributed by atoms with Gasteiger partial charge >= 0.3 is 0 Å². The lowest BCUT2D eigenvalue weighted by atomic mass is 10.0. The zero-order valence-electron chi connectivity index (χ0n) is 11.8. The number of carbonyl (C=O) groups excluding carboxylic acids is 1. The van der Waals surface area contributed by atoms with E-state index in [4.69, 9.17) is 10.9 Å². The highest BCUT2D eigenvalue weighted by Gasteiger charge is 2.21. The lowest BCUT2D eigenvalue weighted by Gasteiger charge is -2.13. The van der Waals surface area contributed by atoms with Crippen molar-refractivity contribution in [1.29, 1.82) is 0 Å². The Balaban J connectivity index is 2.73. The Kier molecular flexibility index (Phi) is 4.91. The van der Waals surface area contributed by atoms with Crippen LogP contribution in [0.5, 0.6) is 0 Å². The van der Waals surface area contributed by atoms with Crippen LogP contribution < -0.4 is 11.1 Å². The van der Waals surface area contributed by atoms with Gasteiger partial charge in [-0.25, -0.2) is 0 Å². The van der Waals surface area contributed by atoms with Crippen LogP contribution in [-0.4, -0.2) is 26.7 Å². The van der Waals surface area contributed by atoms with Crippen molar-refractivity contribution in [3.05, 3.63) is 17.0 Å². The van der Waals surface area contributed by atoms with Gasteiger partial charge in [0.1, 0.15) is 0 Å². The predicted molar refractivity (Wildman–Crippen MR) is 71.7 cm³/mol. The zero-order chi connectivity index (χ0) is 14.6. The summed E-state index contributed by atoms with van der Waals surface area (Å²) in [5.41, 5.74) is 8.37. The van der Waals surface area contributed by atoms with Crippen LogP contribution in [0.4, 0.5) is 0 Å². The fraction of sp³-hybridized carbons (Fsp3) is 0.583. The Morgan fingerprint density at radius 3 is 2.63 bits per heavy atom. The fourth-order valence-electron chi connectivity index (χ4n) is 1.97. The average molecular weight is 267 g/mol. The van der Waals surface area contributed by atoms with E-state index in [1.54, 1.807) is 4.68 Å². The van der Waals surface area contributed by atoms with E-state index < -0.39 is 5.92 Å². The van der Waals surface area contributed by atoms with Gasteiger partial charge in [0.25, 0.3) is 0 Å². The van der Waals surface area contributed by atoms with Crippen molar-refractivity contribution in [3.8, 4) is 0 Å². The summed E-state index contributed by atoms with van der Waals surface area (Å²) in [6.07, 6.45) is 0.479. The van der Waals surface area contributed by atoms with Gasteiger partial charge in [-0.05, 0) is 20.3 Å². The number of hydrogen-bond donors (Lipinski definition) is 3. The molecule has 19 heavy (non-hydrogen) atoms. The maximum absolute atomic E-state index is 12.0. The van der Waals surface area contributed by atoms with Crippen LogP contribution in [0.2, 0.25) is 0 Å². The molecule has 1 aromatic rings. The largest absolute Gasteiger partial charge is 0.409 e. The third kappa shape index (κ3) is 3.24. The lowest BCUT2D eigenvalue weighted by molar-refractivity contribution is -0.123. The Labute approximate surface area is 112 Å². The number of amidine groups is 1. The van der Waals surface area contributed by atoms with E-state index in [0.717, 1.165) is 17.0 Å². The second kappa shape index (κ2) is 6.21.